The number of carboxylic acids is 1. The minimum atomic E-state index is -0.994. The van der Waals surface area contributed by atoms with Crippen molar-refractivity contribution in [2.75, 3.05) is 12.4 Å². The van der Waals surface area contributed by atoms with E-state index in [-0.39, 0.29) is 0 Å². The number of methoxy groups -OCH3 is 1. The summed E-state index contributed by atoms with van der Waals surface area (Å²) >= 11 is 0. The Hall–Kier alpha value is -1.71. The van der Waals surface area contributed by atoms with Crippen molar-refractivity contribution in [1.82, 2.24) is 0 Å². The number of carboxylic acid groups (broad SMARTS) is 1. The van der Waals surface area contributed by atoms with Crippen LogP contribution in [0.3, 0.4) is 0 Å². The molecule has 4 nitrogen and oxygen atoms in total. The van der Waals surface area contributed by atoms with Crippen LogP contribution in [0, 0.1) is 0 Å². The molecule has 1 aromatic rings. The van der Waals surface area contributed by atoms with Crippen LogP contribution in [0.15, 0.2) is 24.3 Å². The molecule has 0 aliphatic rings. The Kier molecular flexibility index (Phi) is 3.19. The van der Waals surface area contributed by atoms with Gasteiger partial charge in [0.1, 0.15) is 11.3 Å². The molecule has 0 saturated carbocycles. The highest BCUT2D eigenvalue weighted by atomic mass is 16.5. The first-order chi connectivity index (χ1) is 6.95. The molecule has 0 fully saturated rings. The fourth-order valence-corrected chi connectivity index (χ4v) is 1.12. The van der Waals surface area contributed by atoms with E-state index in [0.717, 1.165) is 5.69 Å². The van der Waals surface area contributed by atoms with Crippen LogP contribution in [0.4, 0.5) is 5.69 Å². The second-order valence-corrected chi connectivity index (χ2v) is 3.79. The summed E-state index contributed by atoms with van der Waals surface area (Å²) in [5.41, 5.74) is -0.270. The topological polar surface area (TPSA) is 58.6 Å². The summed E-state index contributed by atoms with van der Waals surface area (Å²) in [7, 11) is 1.57. The molecular weight excluding hydrogens is 194 g/mol. The molecule has 15 heavy (non-hydrogen) atoms. The van der Waals surface area contributed by atoms with Gasteiger partial charge in [-0.25, -0.2) is 4.79 Å². The number of ether oxygens (including phenoxy) is 1. The average Bonchev–Trinajstić information content (AvgIpc) is 2.17. The van der Waals surface area contributed by atoms with Crippen LogP contribution in [0.5, 0.6) is 5.75 Å². The van der Waals surface area contributed by atoms with Crippen molar-refractivity contribution >= 4 is 11.7 Å². The molecule has 0 aliphatic heterocycles. The van der Waals surface area contributed by atoms with Gasteiger partial charge in [0, 0.05) is 11.8 Å². The molecule has 0 unspecified atom stereocenters. The maximum absolute atomic E-state index is 10.9. The summed E-state index contributed by atoms with van der Waals surface area (Å²) in [5.74, 6) is -0.202. The molecule has 4 heteroatoms. The van der Waals surface area contributed by atoms with Crippen molar-refractivity contribution in [2.24, 2.45) is 0 Å². The Morgan fingerprint density at radius 2 is 2.13 bits per heavy atom. The lowest BCUT2D eigenvalue weighted by atomic mass is 10.1. The van der Waals surface area contributed by atoms with Crippen molar-refractivity contribution in [2.45, 2.75) is 19.4 Å². The standard InChI is InChI=1S/C11H15NO3/c1-11(2,10(13)14)12-8-5-4-6-9(7-8)15-3/h4-7,12H,1-3H3,(H,13,14). The number of hydrogen-bond acceptors (Lipinski definition) is 3. The molecular formula is C11H15NO3. The van der Waals surface area contributed by atoms with Crippen LogP contribution < -0.4 is 10.1 Å². The molecule has 0 heterocycles. The minimum Gasteiger partial charge on any atom is -0.497 e. The summed E-state index contributed by atoms with van der Waals surface area (Å²) in [6, 6.07) is 7.16. The fourth-order valence-electron chi connectivity index (χ4n) is 1.12. The number of aliphatic carboxylic acids is 1. The third kappa shape index (κ3) is 2.87. The Morgan fingerprint density at radius 1 is 1.47 bits per heavy atom. The summed E-state index contributed by atoms with van der Waals surface area (Å²) < 4.78 is 5.04. The minimum absolute atomic E-state index is 0.696. The SMILES string of the molecule is COc1cccc(NC(C)(C)C(=O)O)c1. The largest absolute Gasteiger partial charge is 0.497 e. The van der Waals surface area contributed by atoms with E-state index in [4.69, 9.17) is 9.84 Å². The van der Waals surface area contributed by atoms with Crippen molar-refractivity contribution < 1.29 is 14.6 Å². The predicted octanol–water partition coefficient (Wildman–Crippen LogP) is 1.97. The van der Waals surface area contributed by atoms with Crippen LogP contribution in [-0.4, -0.2) is 23.7 Å². The third-order valence-electron chi connectivity index (χ3n) is 2.06. The molecule has 0 bridgehead atoms. The van der Waals surface area contributed by atoms with E-state index >= 15 is 0 Å². The zero-order valence-corrected chi connectivity index (χ0v) is 9.07. The quantitative estimate of drug-likeness (QED) is 0.796. The number of hydrogen-bond donors (Lipinski definition) is 2. The highest BCUT2D eigenvalue weighted by molar-refractivity contribution is 5.81. The third-order valence-corrected chi connectivity index (χ3v) is 2.06. The maximum atomic E-state index is 10.9. The van der Waals surface area contributed by atoms with Gasteiger partial charge < -0.3 is 15.2 Å². The van der Waals surface area contributed by atoms with Crippen molar-refractivity contribution in [1.29, 1.82) is 0 Å². The highest BCUT2D eigenvalue weighted by Crippen LogP contribution is 2.20. The van der Waals surface area contributed by atoms with Gasteiger partial charge in [-0.3, -0.25) is 0 Å². The highest BCUT2D eigenvalue weighted by Gasteiger charge is 2.26. The zero-order chi connectivity index (χ0) is 11.5. The zero-order valence-electron chi connectivity index (χ0n) is 9.07. The molecule has 1 rings (SSSR count). The molecule has 2 N–H and O–H groups in total. The Morgan fingerprint density at radius 3 is 2.67 bits per heavy atom. The van der Waals surface area contributed by atoms with Gasteiger partial charge in [0.25, 0.3) is 0 Å². The normalized spacial score (nSPS) is 10.9. The number of rotatable bonds is 4. The van der Waals surface area contributed by atoms with Crippen LogP contribution in [-0.2, 0) is 4.79 Å². The second kappa shape index (κ2) is 4.21. The van der Waals surface area contributed by atoms with E-state index in [9.17, 15) is 4.79 Å². The summed E-state index contributed by atoms with van der Waals surface area (Å²) in [6.45, 7) is 3.21. The fraction of sp³-hybridized carbons (Fsp3) is 0.364. The number of benzene rings is 1. The molecule has 0 aromatic heterocycles. The van der Waals surface area contributed by atoms with Gasteiger partial charge in [0.15, 0.2) is 0 Å². The summed E-state index contributed by atoms with van der Waals surface area (Å²) in [4.78, 5) is 10.9. The van der Waals surface area contributed by atoms with Gasteiger partial charge in [-0.2, -0.15) is 0 Å². The first-order valence-electron chi connectivity index (χ1n) is 4.61. The van der Waals surface area contributed by atoms with E-state index in [1.165, 1.54) is 0 Å². The monoisotopic (exact) mass is 209 g/mol. The summed E-state index contributed by atoms with van der Waals surface area (Å²) in [5, 5.41) is 11.8. The molecule has 0 saturated heterocycles. The molecule has 82 valence electrons. The number of anilines is 1. The molecule has 1 aromatic carbocycles. The van der Waals surface area contributed by atoms with Gasteiger partial charge in [0.2, 0.25) is 0 Å². The first-order valence-corrected chi connectivity index (χ1v) is 4.61. The number of carbonyl (C=O) groups is 1. The van der Waals surface area contributed by atoms with Crippen molar-refractivity contribution in [3.63, 3.8) is 0 Å². The smallest absolute Gasteiger partial charge is 0.328 e. The van der Waals surface area contributed by atoms with Crippen molar-refractivity contribution in [3.05, 3.63) is 24.3 Å². The van der Waals surface area contributed by atoms with E-state index < -0.39 is 11.5 Å². The van der Waals surface area contributed by atoms with E-state index in [2.05, 4.69) is 5.32 Å². The molecule has 0 amide bonds. The van der Waals surface area contributed by atoms with E-state index in [0.29, 0.717) is 5.75 Å². The van der Waals surface area contributed by atoms with Gasteiger partial charge in [0.05, 0.1) is 7.11 Å². The summed E-state index contributed by atoms with van der Waals surface area (Å²) in [6.07, 6.45) is 0. The number of nitrogens with one attached hydrogen (secondary N) is 1. The molecule has 0 radical (unpaired) electrons. The van der Waals surface area contributed by atoms with Crippen LogP contribution in [0.1, 0.15) is 13.8 Å². The van der Waals surface area contributed by atoms with Gasteiger partial charge >= 0.3 is 5.97 Å². The average molecular weight is 209 g/mol. The lowest BCUT2D eigenvalue weighted by Crippen LogP contribution is -2.39. The Labute approximate surface area is 88.9 Å². The van der Waals surface area contributed by atoms with E-state index in [1.807, 2.05) is 0 Å². The van der Waals surface area contributed by atoms with Crippen LogP contribution >= 0.6 is 0 Å². The first kappa shape index (κ1) is 11.4. The second-order valence-electron chi connectivity index (χ2n) is 3.79. The molecule has 0 spiro atoms. The molecule has 0 aliphatic carbocycles. The van der Waals surface area contributed by atoms with Crippen LogP contribution in [0.25, 0.3) is 0 Å². The maximum Gasteiger partial charge on any atom is 0.328 e. The van der Waals surface area contributed by atoms with Gasteiger partial charge in [-0.1, -0.05) is 6.07 Å². The van der Waals surface area contributed by atoms with Gasteiger partial charge in [-0.05, 0) is 26.0 Å². The Bertz CT molecular complexity index is 361. The van der Waals surface area contributed by atoms with Crippen molar-refractivity contribution in [3.8, 4) is 5.75 Å². The van der Waals surface area contributed by atoms with Gasteiger partial charge in [-0.15, -0.1) is 0 Å². The lowest BCUT2D eigenvalue weighted by molar-refractivity contribution is -0.141. The molecule has 0 atom stereocenters. The lowest BCUT2D eigenvalue weighted by Gasteiger charge is -2.22. The Balaban J connectivity index is 2.85. The predicted molar refractivity (Wildman–Crippen MR) is 58.3 cm³/mol. The van der Waals surface area contributed by atoms with Crippen LogP contribution in [0.2, 0.25) is 0 Å². The van der Waals surface area contributed by atoms with E-state index in [1.54, 1.807) is 45.2 Å².